The van der Waals surface area contributed by atoms with Crippen LogP contribution in [0.1, 0.15) is 53.7 Å². The maximum Gasteiger partial charge on any atom is 0.267 e. The van der Waals surface area contributed by atoms with Crippen molar-refractivity contribution in [3.8, 4) is 5.82 Å². The molecule has 0 spiro atoms. The lowest BCUT2D eigenvalue weighted by atomic mass is 9.91. The van der Waals surface area contributed by atoms with Crippen molar-refractivity contribution in [2.45, 2.75) is 65.1 Å². The van der Waals surface area contributed by atoms with Crippen LogP contribution < -0.4 is 10.9 Å². The van der Waals surface area contributed by atoms with Crippen molar-refractivity contribution in [3.05, 3.63) is 56.0 Å². The molecule has 0 aromatic carbocycles. The standard InChI is InChI=1S/C20H26N6OS/c1-13-10-14(2)25(23-13)19-8-9-20(27)26(24-19)17-6-4-16(5-7-17)21-11-18-15(3)22-12-28-18/h8-10,12,16-17,21H,4-7,11H2,1-3H3. The Bertz CT molecular complexity index is 1010. The third-order valence-corrected chi connectivity index (χ3v) is 6.41. The first-order chi connectivity index (χ1) is 13.5. The van der Waals surface area contributed by atoms with E-state index in [1.807, 2.05) is 25.4 Å². The van der Waals surface area contributed by atoms with Crippen LogP contribution in [-0.2, 0) is 6.54 Å². The second kappa shape index (κ2) is 7.97. The van der Waals surface area contributed by atoms with Gasteiger partial charge in [-0.15, -0.1) is 16.4 Å². The van der Waals surface area contributed by atoms with Crippen LogP contribution >= 0.6 is 11.3 Å². The smallest absolute Gasteiger partial charge is 0.267 e. The van der Waals surface area contributed by atoms with E-state index in [0.717, 1.165) is 49.3 Å². The molecule has 0 aliphatic heterocycles. The molecule has 3 heterocycles. The van der Waals surface area contributed by atoms with Gasteiger partial charge in [-0.2, -0.15) is 5.10 Å². The number of thiazole rings is 1. The summed E-state index contributed by atoms with van der Waals surface area (Å²) in [6, 6.07) is 6.00. The number of hydrogen-bond donors (Lipinski definition) is 1. The maximum absolute atomic E-state index is 12.4. The van der Waals surface area contributed by atoms with E-state index in [4.69, 9.17) is 0 Å². The quantitative estimate of drug-likeness (QED) is 0.715. The van der Waals surface area contributed by atoms with Crippen LogP contribution in [0.25, 0.3) is 5.82 Å². The van der Waals surface area contributed by atoms with E-state index >= 15 is 0 Å². The van der Waals surface area contributed by atoms with Crippen molar-refractivity contribution in [1.82, 2.24) is 29.9 Å². The predicted octanol–water partition coefficient (Wildman–Crippen LogP) is 3.08. The van der Waals surface area contributed by atoms with E-state index in [1.165, 1.54) is 4.88 Å². The molecule has 4 rings (SSSR count). The minimum atomic E-state index is -0.0398. The van der Waals surface area contributed by atoms with Gasteiger partial charge in [0, 0.05) is 29.2 Å². The Morgan fingerprint density at radius 1 is 1.14 bits per heavy atom. The lowest BCUT2D eigenvalue weighted by molar-refractivity contribution is 0.268. The molecule has 8 heteroatoms. The molecule has 1 aliphatic rings. The molecule has 3 aromatic rings. The third-order valence-electron chi connectivity index (χ3n) is 5.48. The molecule has 148 valence electrons. The van der Waals surface area contributed by atoms with E-state index in [9.17, 15) is 4.79 Å². The third kappa shape index (κ3) is 3.93. The molecule has 0 atom stereocenters. The SMILES string of the molecule is Cc1cc(C)n(-c2ccc(=O)n(C3CCC(NCc4scnc4C)CC3)n2)n1. The molecular weight excluding hydrogens is 372 g/mol. The van der Waals surface area contributed by atoms with Crippen LogP contribution in [0.15, 0.2) is 28.5 Å². The highest BCUT2D eigenvalue weighted by molar-refractivity contribution is 7.09. The number of hydrogen-bond acceptors (Lipinski definition) is 6. The fraction of sp³-hybridized carbons (Fsp3) is 0.500. The molecule has 1 aliphatic carbocycles. The average Bonchev–Trinajstić information content (AvgIpc) is 3.25. The van der Waals surface area contributed by atoms with Gasteiger partial charge < -0.3 is 5.32 Å². The Morgan fingerprint density at radius 2 is 1.93 bits per heavy atom. The van der Waals surface area contributed by atoms with Crippen LogP contribution in [0.2, 0.25) is 0 Å². The Kier molecular flexibility index (Phi) is 5.41. The molecule has 0 saturated heterocycles. The molecule has 1 fully saturated rings. The van der Waals surface area contributed by atoms with Gasteiger partial charge in [-0.3, -0.25) is 4.79 Å². The second-order valence-corrected chi connectivity index (χ2v) is 8.50. The molecule has 0 bridgehead atoms. The zero-order valence-electron chi connectivity index (χ0n) is 16.6. The first kappa shape index (κ1) is 19.0. The summed E-state index contributed by atoms with van der Waals surface area (Å²) < 4.78 is 3.46. The number of rotatable bonds is 5. The van der Waals surface area contributed by atoms with Crippen LogP contribution in [0.5, 0.6) is 0 Å². The normalized spacial score (nSPS) is 19.8. The van der Waals surface area contributed by atoms with Gasteiger partial charge in [0.1, 0.15) is 0 Å². The van der Waals surface area contributed by atoms with Gasteiger partial charge in [0.15, 0.2) is 5.82 Å². The largest absolute Gasteiger partial charge is 0.309 e. The van der Waals surface area contributed by atoms with E-state index in [0.29, 0.717) is 11.9 Å². The lowest BCUT2D eigenvalue weighted by Gasteiger charge is -2.29. The lowest BCUT2D eigenvalue weighted by Crippen LogP contribution is -2.36. The summed E-state index contributed by atoms with van der Waals surface area (Å²) in [6.07, 6.45) is 3.99. The summed E-state index contributed by atoms with van der Waals surface area (Å²) in [5.41, 5.74) is 4.93. The summed E-state index contributed by atoms with van der Waals surface area (Å²) in [5, 5.41) is 12.8. The van der Waals surface area contributed by atoms with Gasteiger partial charge in [-0.05, 0) is 58.6 Å². The summed E-state index contributed by atoms with van der Waals surface area (Å²) in [7, 11) is 0. The molecule has 1 saturated carbocycles. The van der Waals surface area contributed by atoms with Gasteiger partial charge in [0.05, 0.1) is 22.9 Å². The van der Waals surface area contributed by atoms with E-state index < -0.39 is 0 Å². The first-order valence-corrected chi connectivity index (χ1v) is 10.6. The highest BCUT2D eigenvalue weighted by Gasteiger charge is 2.24. The fourth-order valence-corrected chi connectivity index (χ4v) is 4.64. The first-order valence-electron chi connectivity index (χ1n) is 9.77. The van der Waals surface area contributed by atoms with Gasteiger partial charge in [-0.1, -0.05) is 0 Å². The summed E-state index contributed by atoms with van der Waals surface area (Å²) in [4.78, 5) is 18.1. The van der Waals surface area contributed by atoms with Crippen LogP contribution in [0, 0.1) is 20.8 Å². The minimum absolute atomic E-state index is 0.0398. The van der Waals surface area contributed by atoms with Gasteiger partial charge in [0.25, 0.3) is 5.56 Å². The monoisotopic (exact) mass is 398 g/mol. The van der Waals surface area contributed by atoms with Gasteiger partial charge >= 0.3 is 0 Å². The Balaban J connectivity index is 1.43. The number of nitrogens with zero attached hydrogens (tertiary/aromatic N) is 5. The Hall–Kier alpha value is -2.32. The molecule has 1 N–H and O–H groups in total. The second-order valence-electron chi connectivity index (χ2n) is 7.56. The number of aryl methyl sites for hydroxylation is 3. The average molecular weight is 399 g/mol. The molecule has 0 radical (unpaired) electrons. The topological polar surface area (TPSA) is 77.6 Å². The number of aromatic nitrogens is 5. The highest BCUT2D eigenvalue weighted by Crippen LogP contribution is 2.27. The summed E-state index contributed by atoms with van der Waals surface area (Å²) in [6.45, 7) is 6.89. The molecule has 3 aromatic heterocycles. The van der Waals surface area contributed by atoms with Crippen molar-refractivity contribution in [1.29, 1.82) is 0 Å². The van der Waals surface area contributed by atoms with Crippen LogP contribution in [0.4, 0.5) is 0 Å². The predicted molar refractivity (Wildman–Crippen MR) is 110 cm³/mol. The van der Waals surface area contributed by atoms with Gasteiger partial charge in [0.2, 0.25) is 0 Å². The van der Waals surface area contributed by atoms with E-state index in [-0.39, 0.29) is 11.6 Å². The Morgan fingerprint density at radius 3 is 2.57 bits per heavy atom. The van der Waals surface area contributed by atoms with Crippen LogP contribution in [0.3, 0.4) is 0 Å². The Labute approximate surface area is 168 Å². The molecular formula is C20H26N6OS. The zero-order chi connectivity index (χ0) is 19.7. The maximum atomic E-state index is 12.4. The summed E-state index contributed by atoms with van der Waals surface area (Å²) in [5.74, 6) is 0.700. The minimum Gasteiger partial charge on any atom is -0.309 e. The van der Waals surface area contributed by atoms with Crippen molar-refractivity contribution in [2.75, 3.05) is 0 Å². The van der Waals surface area contributed by atoms with Gasteiger partial charge in [-0.25, -0.2) is 14.3 Å². The summed E-state index contributed by atoms with van der Waals surface area (Å²) >= 11 is 1.70. The van der Waals surface area contributed by atoms with Crippen molar-refractivity contribution >= 4 is 11.3 Å². The molecule has 7 nitrogen and oxygen atoms in total. The van der Waals surface area contributed by atoms with Crippen molar-refractivity contribution in [2.24, 2.45) is 0 Å². The van der Waals surface area contributed by atoms with E-state index in [1.54, 1.807) is 32.8 Å². The number of nitrogens with one attached hydrogen (secondary N) is 1. The highest BCUT2D eigenvalue weighted by atomic mass is 32.1. The van der Waals surface area contributed by atoms with Crippen molar-refractivity contribution < 1.29 is 0 Å². The molecule has 0 unspecified atom stereocenters. The van der Waals surface area contributed by atoms with Crippen molar-refractivity contribution in [3.63, 3.8) is 0 Å². The fourth-order valence-electron chi connectivity index (χ4n) is 3.91. The van der Waals surface area contributed by atoms with E-state index in [2.05, 4.69) is 27.4 Å². The molecule has 0 amide bonds. The zero-order valence-corrected chi connectivity index (χ0v) is 17.4. The van der Waals surface area contributed by atoms with Crippen LogP contribution in [-0.4, -0.2) is 30.6 Å². The molecule has 28 heavy (non-hydrogen) atoms.